The zero-order valence-corrected chi connectivity index (χ0v) is 10.5. The molecule has 0 radical (unpaired) electrons. The van der Waals surface area contributed by atoms with E-state index in [1.54, 1.807) is 6.07 Å². The number of carbonyl (C=O) groups excluding carboxylic acids is 1. The van der Waals surface area contributed by atoms with Crippen LogP contribution in [0.1, 0.15) is 23.9 Å². The van der Waals surface area contributed by atoms with Crippen LogP contribution >= 0.6 is 0 Å². The Morgan fingerprint density at radius 2 is 2.22 bits per heavy atom. The molecule has 96 valence electrons. The van der Waals surface area contributed by atoms with Crippen LogP contribution < -0.4 is 11.1 Å². The second-order valence-electron chi connectivity index (χ2n) is 4.54. The van der Waals surface area contributed by atoms with E-state index < -0.39 is 0 Å². The summed E-state index contributed by atoms with van der Waals surface area (Å²) in [7, 11) is 0. The predicted octanol–water partition coefficient (Wildman–Crippen LogP) is 2.15. The third kappa shape index (κ3) is 2.90. The van der Waals surface area contributed by atoms with Crippen molar-refractivity contribution in [1.82, 2.24) is 5.32 Å². The molecule has 2 rings (SSSR count). The first-order valence-corrected chi connectivity index (χ1v) is 6.17. The van der Waals surface area contributed by atoms with Gasteiger partial charge in [0.2, 0.25) is 0 Å². The number of benzene rings is 1. The average Bonchev–Trinajstić information content (AvgIpc) is 2.80. The molecular weight excluding hydrogens is 228 g/mol. The summed E-state index contributed by atoms with van der Waals surface area (Å²) >= 11 is 0. The molecular formula is C14H18N2O2. The number of rotatable bonds is 5. The van der Waals surface area contributed by atoms with Gasteiger partial charge < -0.3 is 15.5 Å². The Morgan fingerprint density at radius 1 is 1.44 bits per heavy atom. The lowest BCUT2D eigenvalue weighted by Crippen LogP contribution is -2.28. The van der Waals surface area contributed by atoms with Crippen molar-refractivity contribution in [3.05, 3.63) is 36.1 Å². The van der Waals surface area contributed by atoms with Gasteiger partial charge in [-0.05, 0) is 31.0 Å². The molecule has 0 aliphatic rings. The Labute approximate surface area is 106 Å². The maximum atomic E-state index is 11.9. The van der Waals surface area contributed by atoms with Crippen LogP contribution in [0.5, 0.6) is 0 Å². The first kappa shape index (κ1) is 12.6. The van der Waals surface area contributed by atoms with E-state index in [2.05, 4.69) is 12.2 Å². The van der Waals surface area contributed by atoms with Crippen LogP contribution in [0.4, 0.5) is 0 Å². The van der Waals surface area contributed by atoms with Gasteiger partial charge in [-0.25, -0.2) is 0 Å². The van der Waals surface area contributed by atoms with Gasteiger partial charge in [0.1, 0.15) is 5.58 Å². The second kappa shape index (κ2) is 5.69. The molecule has 1 aromatic heterocycles. The minimum Gasteiger partial charge on any atom is -0.451 e. The minimum absolute atomic E-state index is 0.171. The van der Waals surface area contributed by atoms with Crippen LogP contribution in [0.2, 0.25) is 0 Å². The summed E-state index contributed by atoms with van der Waals surface area (Å²) in [4.78, 5) is 11.9. The largest absolute Gasteiger partial charge is 0.451 e. The molecule has 0 spiro atoms. The molecule has 0 saturated carbocycles. The van der Waals surface area contributed by atoms with Gasteiger partial charge in [-0.3, -0.25) is 4.79 Å². The van der Waals surface area contributed by atoms with Crippen LogP contribution in [0.25, 0.3) is 11.0 Å². The number of furan rings is 1. The number of hydrogen-bond acceptors (Lipinski definition) is 3. The second-order valence-corrected chi connectivity index (χ2v) is 4.54. The maximum Gasteiger partial charge on any atom is 0.287 e. The van der Waals surface area contributed by atoms with Gasteiger partial charge in [0.05, 0.1) is 0 Å². The van der Waals surface area contributed by atoms with Gasteiger partial charge >= 0.3 is 0 Å². The van der Waals surface area contributed by atoms with E-state index in [4.69, 9.17) is 10.2 Å². The number of hydrogen-bond donors (Lipinski definition) is 2. The maximum absolute atomic E-state index is 11.9. The molecule has 2 aromatic rings. The standard InChI is InChI=1S/C14H18N2O2/c1-10(6-7-15)9-16-14(17)13-8-11-4-2-3-5-12(11)18-13/h2-5,8,10H,6-7,9,15H2,1H3,(H,16,17). The molecule has 1 aromatic carbocycles. The van der Waals surface area contributed by atoms with Gasteiger partial charge in [0, 0.05) is 11.9 Å². The number of nitrogens with one attached hydrogen (secondary N) is 1. The summed E-state index contributed by atoms with van der Waals surface area (Å²) in [5, 5.41) is 3.80. The molecule has 0 aliphatic heterocycles. The van der Waals surface area contributed by atoms with Crippen molar-refractivity contribution >= 4 is 16.9 Å². The molecule has 0 saturated heterocycles. The van der Waals surface area contributed by atoms with Gasteiger partial charge in [0.25, 0.3) is 5.91 Å². The van der Waals surface area contributed by atoms with E-state index in [0.717, 1.165) is 17.4 Å². The fourth-order valence-electron chi connectivity index (χ4n) is 1.83. The molecule has 18 heavy (non-hydrogen) atoms. The van der Waals surface area contributed by atoms with E-state index in [0.29, 0.717) is 24.8 Å². The van der Waals surface area contributed by atoms with Crippen LogP contribution in [-0.2, 0) is 0 Å². The molecule has 3 N–H and O–H groups in total. The van der Waals surface area contributed by atoms with Crippen LogP contribution in [0, 0.1) is 5.92 Å². The SMILES string of the molecule is CC(CCN)CNC(=O)c1cc2ccccc2o1. The smallest absolute Gasteiger partial charge is 0.287 e. The summed E-state index contributed by atoms with van der Waals surface area (Å²) in [5.74, 6) is 0.564. The molecule has 1 heterocycles. The lowest BCUT2D eigenvalue weighted by atomic mass is 10.1. The number of fused-ring (bicyclic) bond motifs is 1. The molecule has 0 fully saturated rings. The Morgan fingerprint density at radius 3 is 2.94 bits per heavy atom. The summed E-state index contributed by atoms with van der Waals surface area (Å²) in [6.07, 6.45) is 0.903. The van der Waals surface area contributed by atoms with E-state index in [1.165, 1.54) is 0 Å². The van der Waals surface area contributed by atoms with Gasteiger partial charge in [-0.1, -0.05) is 25.1 Å². The van der Waals surface area contributed by atoms with Crippen molar-refractivity contribution < 1.29 is 9.21 Å². The predicted molar refractivity (Wildman–Crippen MR) is 71.4 cm³/mol. The van der Waals surface area contributed by atoms with Crippen LogP contribution in [0.15, 0.2) is 34.7 Å². The van der Waals surface area contributed by atoms with Gasteiger partial charge in [-0.2, -0.15) is 0 Å². The van der Waals surface area contributed by atoms with Crippen molar-refractivity contribution in [2.24, 2.45) is 11.7 Å². The molecule has 0 aliphatic carbocycles. The highest BCUT2D eigenvalue weighted by Gasteiger charge is 2.12. The molecule has 1 atom stereocenters. The Hall–Kier alpha value is -1.81. The number of carbonyl (C=O) groups is 1. The van der Waals surface area contributed by atoms with Crippen molar-refractivity contribution in [2.75, 3.05) is 13.1 Å². The summed E-state index contributed by atoms with van der Waals surface area (Å²) in [5.41, 5.74) is 6.20. The van der Waals surface area contributed by atoms with E-state index in [1.807, 2.05) is 24.3 Å². The third-order valence-corrected chi connectivity index (χ3v) is 2.92. The van der Waals surface area contributed by atoms with E-state index >= 15 is 0 Å². The van der Waals surface area contributed by atoms with E-state index in [9.17, 15) is 4.79 Å². The highest BCUT2D eigenvalue weighted by atomic mass is 16.3. The Balaban J connectivity index is 2.00. The minimum atomic E-state index is -0.171. The van der Waals surface area contributed by atoms with Gasteiger partial charge in [-0.15, -0.1) is 0 Å². The van der Waals surface area contributed by atoms with Crippen molar-refractivity contribution in [3.63, 3.8) is 0 Å². The number of amides is 1. The topological polar surface area (TPSA) is 68.3 Å². The zero-order valence-electron chi connectivity index (χ0n) is 10.5. The normalized spacial score (nSPS) is 12.6. The average molecular weight is 246 g/mol. The molecule has 4 heteroatoms. The molecule has 1 amide bonds. The van der Waals surface area contributed by atoms with Crippen LogP contribution in [-0.4, -0.2) is 19.0 Å². The number of nitrogens with two attached hydrogens (primary N) is 1. The Bertz CT molecular complexity index is 500. The molecule has 0 bridgehead atoms. The summed E-state index contributed by atoms with van der Waals surface area (Å²) < 4.78 is 5.49. The van der Waals surface area contributed by atoms with Crippen molar-refractivity contribution in [3.8, 4) is 0 Å². The Kier molecular flexibility index (Phi) is 3.99. The van der Waals surface area contributed by atoms with Crippen molar-refractivity contribution in [1.29, 1.82) is 0 Å². The highest BCUT2D eigenvalue weighted by molar-refractivity contribution is 5.96. The fraction of sp³-hybridized carbons (Fsp3) is 0.357. The quantitative estimate of drug-likeness (QED) is 0.849. The first-order chi connectivity index (χ1) is 8.70. The number of para-hydroxylation sites is 1. The first-order valence-electron chi connectivity index (χ1n) is 6.17. The molecule has 4 nitrogen and oxygen atoms in total. The third-order valence-electron chi connectivity index (χ3n) is 2.92. The lowest BCUT2D eigenvalue weighted by molar-refractivity contribution is 0.0922. The van der Waals surface area contributed by atoms with E-state index in [-0.39, 0.29) is 5.91 Å². The van der Waals surface area contributed by atoms with Crippen molar-refractivity contribution in [2.45, 2.75) is 13.3 Å². The summed E-state index contributed by atoms with van der Waals surface area (Å²) in [6, 6.07) is 9.34. The lowest BCUT2D eigenvalue weighted by Gasteiger charge is -2.09. The fourth-order valence-corrected chi connectivity index (χ4v) is 1.83. The zero-order chi connectivity index (χ0) is 13.0. The van der Waals surface area contributed by atoms with Gasteiger partial charge in [0.15, 0.2) is 5.76 Å². The molecule has 1 unspecified atom stereocenters. The van der Waals surface area contributed by atoms with Crippen LogP contribution in [0.3, 0.4) is 0 Å². The summed E-state index contributed by atoms with van der Waals surface area (Å²) in [6.45, 7) is 3.32. The highest BCUT2D eigenvalue weighted by Crippen LogP contribution is 2.18. The monoisotopic (exact) mass is 246 g/mol.